The van der Waals surface area contributed by atoms with Crippen LogP contribution in [0.25, 0.3) is 0 Å². The lowest BCUT2D eigenvalue weighted by Gasteiger charge is -2.15. The van der Waals surface area contributed by atoms with Crippen molar-refractivity contribution in [3.8, 4) is 0 Å². The molecule has 3 atom stereocenters. The fourth-order valence-corrected chi connectivity index (χ4v) is 2.33. The van der Waals surface area contributed by atoms with Crippen molar-refractivity contribution in [1.82, 2.24) is 5.32 Å². The van der Waals surface area contributed by atoms with Crippen molar-refractivity contribution in [2.24, 2.45) is 11.8 Å². The Morgan fingerprint density at radius 2 is 2.05 bits per heavy atom. The number of hydrogen-bond acceptors (Lipinski definition) is 2. The Bertz CT molecular complexity index is 498. The number of carbonyl (C=O) groups excluding carboxylic acids is 1. The van der Waals surface area contributed by atoms with Gasteiger partial charge in [-0.25, -0.2) is 0 Å². The molecule has 1 saturated carbocycles. The summed E-state index contributed by atoms with van der Waals surface area (Å²) in [4.78, 5) is 22.5. The van der Waals surface area contributed by atoms with Crippen LogP contribution < -0.4 is 5.32 Å². The highest BCUT2D eigenvalue weighted by Gasteiger charge is 2.48. The van der Waals surface area contributed by atoms with E-state index in [1.807, 2.05) is 32.0 Å². The Hall–Kier alpha value is -1.84. The SMILES string of the molecule is Cc1ccccc1CC(C)NC(=O)C1CC1C(=O)O. The molecule has 0 spiro atoms. The minimum absolute atomic E-state index is 0.0173. The lowest BCUT2D eigenvalue weighted by Crippen LogP contribution is -2.36. The lowest BCUT2D eigenvalue weighted by molar-refractivity contribution is -0.140. The molecule has 19 heavy (non-hydrogen) atoms. The van der Waals surface area contributed by atoms with Crippen molar-refractivity contribution >= 4 is 11.9 Å². The van der Waals surface area contributed by atoms with Gasteiger partial charge in [-0.1, -0.05) is 24.3 Å². The van der Waals surface area contributed by atoms with Gasteiger partial charge in [-0.05, 0) is 37.8 Å². The first-order valence-electron chi connectivity index (χ1n) is 6.56. The second-order valence-electron chi connectivity index (χ2n) is 5.33. The van der Waals surface area contributed by atoms with Crippen LogP contribution in [0.15, 0.2) is 24.3 Å². The van der Waals surface area contributed by atoms with Crippen LogP contribution >= 0.6 is 0 Å². The number of carboxylic acid groups (broad SMARTS) is 1. The summed E-state index contributed by atoms with van der Waals surface area (Å²) < 4.78 is 0. The molecule has 2 rings (SSSR count). The Labute approximate surface area is 112 Å². The molecule has 1 aromatic rings. The van der Waals surface area contributed by atoms with Crippen LogP contribution in [-0.2, 0) is 16.0 Å². The number of aryl methyl sites for hydroxylation is 1. The number of nitrogens with one attached hydrogen (secondary N) is 1. The normalized spacial score (nSPS) is 22.6. The summed E-state index contributed by atoms with van der Waals surface area (Å²) in [6.45, 7) is 3.99. The molecule has 0 heterocycles. The van der Waals surface area contributed by atoms with E-state index in [1.54, 1.807) is 0 Å². The van der Waals surface area contributed by atoms with E-state index < -0.39 is 11.9 Å². The minimum atomic E-state index is -0.869. The molecular formula is C15H19NO3. The van der Waals surface area contributed by atoms with Crippen LogP contribution in [0.3, 0.4) is 0 Å². The zero-order chi connectivity index (χ0) is 14.0. The highest BCUT2D eigenvalue weighted by Crippen LogP contribution is 2.38. The summed E-state index contributed by atoms with van der Waals surface area (Å²) in [7, 11) is 0. The molecule has 0 aliphatic heterocycles. The molecule has 2 N–H and O–H groups in total. The van der Waals surface area contributed by atoms with Crippen molar-refractivity contribution in [2.45, 2.75) is 32.7 Å². The highest BCUT2D eigenvalue weighted by atomic mass is 16.4. The number of carboxylic acids is 1. The van der Waals surface area contributed by atoms with Crippen molar-refractivity contribution in [3.63, 3.8) is 0 Å². The maximum Gasteiger partial charge on any atom is 0.307 e. The first-order chi connectivity index (χ1) is 8.99. The van der Waals surface area contributed by atoms with E-state index in [1.165, 1.54) is 11.1 Å². The maximum absolute atomic E-state index is 11.8. The summed E-state index contributed by atoms with van der Waals surface area (Å²) >= 11 is 0. The molecule has 0 bridgehead atoms. The van der Waals surface area contributed by atoms with Gasteiger partial charge in [0.1, 0.15) is 0 Å². The molecule has 1 fully saturated rings. The molecule has 102 valence electrons. The van der Waals surface area contributed by atoms with Crippen LogP contribution in [0.4, 0.5) is 0 Å². The summed E-state index contributed by atoms with van der Waals surface area (Å²) in [5, 5.41) is 11.7. The van der Waals surface area contributed by atoms with Crippen molar-refractivity contribution < 1.29 is 14.7 Å². The van der Waals surface area contributed by atoms with E-state index in [2.05, 4.69) is 11.4 Å². The zero-order valence-electron chi connectivity index (χ0n) is 11.2. The van der Waals surface area contributed by atoms with Crippen LogP contribution in [0.5, 0.6) is 0 Å². The molecule has 0 radical (unpaired) electrons. The number of aliphatic carboxylic acids is 1. The first kappa shape index (κ1) is 13.6. The Kier molecular flexibility index (Phi) is 3.88. The fourth-order valence-electron chi connectivity index (χ4n) is 2.33. The van der Waals surface area contributed by atoms with E-state index in [-0.39, 0.29) is 17.9 Å². The van der Waals surface area contributed by atoms with Crippen LogP contribution in [0.1, 0.15) is 24.5 Å². The number of hydrogen-bond donors (Lipinski definition) is 2. The topological polar surface area (TPSA) is 66.4 Å². The number of benzene rings is 1. The van der Waals surface area contributed by atoms with Gasteiger partial charge in [-0.3, -0.25) is 9.59 Å². The van der Waals surface area contributed by atoms with Crippen LogP contribution in [0, 0.1) is 18.8 Å². The van der Waals surface area contributed by atoms with E-state index in [0.29, 0.717) is 6.42 Å². The van der Waals surface area contributed by atoms with E-state index in [9.17, 15) is 9.59 Å². The van der Waals surface area contributed by atoms with E-state index >= 15 is 0 Å². The molecule has 4 heteroatoms. The summed E-state index contributed by atoms with van der Waals surface area (Å²) in [6, 6.07) is 8.09. The Morgan fingerprint density at radius 1 is 1.37 bits per heavy atom. The molecule has 3 unspecified atom stereocenters. The fraction of sp³-hybridized carbons (Fsp3) is 0.467. The molecule has 1 amide bonds. The smallest absolute Gasteiger partial charge is 0.307 e. The number of amides is 1. The summed E-state index contributed by atoms with van der Waals surface area (Å²) in [6.07, 6.45) is 1.24. The van der Waals surface area contributed by atoms with Gasteiger partial charge in [-0.15, -0.1) is 0 Å². The molecule has 0 saturated heterocycles. The summed E-state index contributed by atoms with van der Waals surface area (Å²) in [5.74, 6) is -1.82. The molecule has 4 nitrogen and oxygen atoms in total. The third-order valence-electron chi connectivity index (χ3n) is 3.62. The standard InChI is InChI=1S/C15H19NO3/c1-9-5-3-4-6-11(9)7-10(2)16-14(17)12-8-13(12)15(18)19/h3-6,10,12-13H,7-8H2,1-2H3,(H,16,17)(H,18,19). The highest BCUT2D eigenvalue weighted by molar-refractivity contribution is 5.89. The Balaban J connectivity index is 1.85. The van der Waals surface area contributed by atoms with Crippen molar-refractivity contribution in [2.75, 3.05) is 0 Å². The van der Waals surface area contributed by atoms with Gasteiger partial charge in [0.2, 0.25) is 5.91 Å². The zero-order valence-corrected chi connectivity index (χ0v) is 11.2. The Morgan fingerprint density at radius 3 is 2.63 bits per heavy atom. The monoisotopic (exact) mass is 261 g/mol. The third-order valence-corrected chi connectivity index (χ3v) is 3.62. The quantitative estimate of drug-likeness (QED) is 0.848. The number of rotatable bonds is 5. The summed E-state index contributed by atoms with van der Waals surface area (Å²) in [5.41, 5.74) is 2.42. The van der Waals surface area contributed by atoms with Gasteiger partial charge < -0.3 is 10.4 Å². The molecular weight excluding hydrogens is 242 g/mol. The third kappa shape index (κ3) is 3.34. The van der Waals surface area contributed by atoms with Gasteiger partial charge in [0.15, 0.2) is 0 Å². The predicted octanol–water partition coefficient (Wildman–Crippen LogP) is 1.76. The van der Waals surface area contributed by atoms with E-state index in [4.69, 9.17) is 5.11 Å². The molecule has 0 aromatic heterocycles. The molecule has 1 aromatic carbocycles. The van der Waals surface area contributed by atoms with Gasteiger partial charge in [0.25, 0.3) is 0 Å². The second kappa shape index (κ2) is 5.43. The number of carbonyl (C=O) groups is 2. The van der Waals surface area contributed by atoms with Crippen LogP contribution in [-0.4, -0.2) is 23.0 Å². The van der Waals surface area contributed by atoms with Gasteiger partial charge in [0, 0.05) is 6.04 Å². The first-order valence-corrected chi connectivity index (χ1v) is 6.56. The van der Waals surface area contributed by atoms with Crippen LogP contribution in [0.2, 0.25) is 0 Å². The predicted molar refractivity (Wildman–Crippen MR) is 71.7 cm³/mol. The second-order valence-corrected chi connectivity index (χ2v) is 5.33. The minimum Gasteiger partial charge on any atom is -0.481 e. The van der Waals surface area contributed by atoms with Gasteiger partial charge >= 0.3 is 5.97 Å². The van der Waals surface area contributed by atoms with Crippen molar-refractivity contribution in [1.29, 1.82) is 0 Å². The van der Waals surface area contributed by atoms with E-state index in [0.717, 1.165) is 6.42 Å². The van der Waals surface area contributed by atoms with Gasteiger partial charge in [-0.2, -0.15) is 0 Å². The maximum atomic E-state index is 11.8. The average molecular weight is 261 g/mol. The average Bonchev–Trinajstić information content (AvgIpc) is 3.12. The largest absolute Gasteiger partial charge is 0.481 e. The lowest BCUT2D eigenvalue weighted by atomic mass is 10.0. The molecule has 1 aliphatic rings. The molecule has 1 aliphatic carbocycles. The van der Waals surface area contributed by atoms with Gasteiger partial charge in [0.05, 0.1) is 11.8 Å². The van der Waals surface area contributed by atoms with Crippen molar-refractivity contribution in [3.05, 3.63) is 35.4 Å².